The van der Waals surface area contributed by atoms with Gasteiger partial charge in [-0.25, -0.2) is 4.79 Å². The van der Waals surface area contributed by atoms with E-state index in [1.807, 2.05) is 48.5 Å². The minimum Gasteiger partial charge on any atom is -0.494 e. The van der Waals surface area contributed by atoms with Crippen LogP contribution in [-0.4, -0.2) is 43.0 Å². The number of esters is 1. The van der Waals surface area contributed by atoms with Gasteiger partial charge in [-0.3, -0.25) is 15.1 Å². The Balaban J connectivity index is 1.37. The summed E-state index contributed by atoms with van der Waals surface area (Å²) in [7, 11) is 1.39. The van der Waals surface area contributed by atoms with Crippen LogP contribution in [-0.2, 0) is 29.0 Å². The highest BCUT2D eigenvalue weighted by molar-refractivity contribution is 6.13. The zero-order valence-electron chi connectivity index (χ0n) is 19.1. The molecule has 10 nitrogen and oxygen atoms in total. The number of ether oxygens (including phenoxy) is 2. The standard InChI is InChI=1S/C24H30N6O4/c1-33-20(31)13-17-4-2-5-18(12-17)14-28-10-3-11-34-19-8-6-16(7-9-19)15-30-23(27)21(22(25)26)29-24(30)32/h2,4-9,12,27-28H,3,10-11,13-15,25-26H2,1H3,(H,29,32). The van der Waals surface area contributed by atoms with Gasteiger partial charge in [0.05, 0.1) is 26.7 Å². The maximum absolute atomic E-state index is 12.0. The van der Waals surface area contributed by atoms with Crippen molar-refractivity contribution in [3.8, 4) is 5.75 Å². The van der Waals surface area contributed by atoms with E-state index in [9.17, 15) is 9.59 Å². The van der Waals surface area contributed by atoms with Gasteiger partial charge in [0.1, 0.15) is 17.3 Å². The molecule has 3 rings (SSSR count). The number of hydrogen-bond acceptors (Lipinski definition) is 8. The monoisotopic (exact) mass is 466 g/mol. The second-order valence-electron chi connectivity index (χ2n) is 7.79. The van der Waals surface area contributed by atoms with Crippen LogP contribution in [0.4, 0.5) is 4.79 Å². The first-order valence-corrected chi connectivity index (χ1v) is 10.9. The van der Waals surface area contributed by atoms with E-state index in [2.05, 4.69) is 10.6 Å². The van der Waals surface area contributed by atoms with Gasteiger partial charge in [0, 0.05) is 6.54 Å². The number of amidine groups is 1. The van der Waals surface area contributed by atoms with Gasteiger partial charge >= 0.3 is 12.0 Å². The molecule has 1 heterocycles. The van der Waals surface area contributed by atoms with E-state index in [0.717, 1.165) is 35.4 Å². The molecule has 2 aromatic rings. The van der Waals surface area contributed by atoms with Crippen LogP contribution in [0.3, 0.4) is 0 Å². The number of hydrogen-bond donors (Lipinski definition) is 5. The minimum atomic E-state index is -0.434. The molecular formula is C24H30N6O4. The lowest BCUT2D eigenvalue weighted by Crippen LogP contribution is -2.29. The highest BCUT2D eigenvalue weighted by Crippen LogP contribution is 2.18. The number of carbonyl (C=O) groups is 2. The number of methoxy groups -OCH3 is 1. The molecule has 2 amide bonds. The fraction of sp³-hybridized carbons (Fsp3) is 0.292. The zero-order chi connectivity index (χ0) is 24.5. The van der Waals surface area contributed by atoms with Crippen LogP contribution in [0.2, 0.25) is 0 Å². The second-order valence-corrected chi connectivity index (χ2v) is 7.79. The molecule has 0 aromatic heterocycles. The largest absolute Gasteiger partial charge is 0.494 e. The van der Waals surface area contributed by atoms with Crippen molar-refractivity contribution >= 4 is 17.8 Å². The van der Waals surface area contributed by atoms with Crippen LogP contribution in [0.5, 0.6) is 5.75 Å². The number of benzene rings is 2. The summed E-state index contributed by atoms with van der Waals surface area (Å²) in [6, 6.07) is 14.8. The highest BCUT2D eigenvalue weighted by Gasteiger charge is 2.31. The molecule has 180 valence electrons. The molecule has 34 heavy (non-hydrogen) atoms. The smallest absolute Gasteiger partial charge is 0.328 e. The Morgan fingerprint density at radius 3 is 2.53 bits per heavy atom. The van der Waals surface area contributed by atoms with Gasteiger partial charge in [-0.15, -0.1) is 0 Å². The second kappa shape index (κ2) is 11.7. The Hall–Kier alpha value is -4.05. The molecule has 0 bridgehead atoms. The lowest BCUT2D eigenvalue weighted by Gasteiger charge is -2.14. The van der Waals surface area contributed by atoms with Crippen LogP contribution < -0.4 is 26.8 Å². The van der Waals surface area contributed by atoms with E-state index in [1.54, 1.807) is 0 Å². The van der Waals surface area contributed by atoms with Crippen molar-refractivity contribution in [1.82, 2.24) is 15.5 Å². The first kappa shape index (κ1) is 24.6. The van der Waals surface area contributed by atoms with Gasteiger partial charge in [-0.1, -0.05) is 36.4 Å². The van der Waals surface area contributed by atoms with E-state index in [4.69, 9.17) is 26.4 Å². The maximum Gasteiger partial charge on any atom is 0.328 e. The molecule has 2 aromatic carbocycles. The van der Waals surface area contributed by atoms with Crippen LogP contribution in [0, 0.1) is 5.41 Å². The molecular weight excluding hydrogens is 436 g/mol. The van der Waals surface area contributed by atoms with Crippen molar-refractivity contribution in [1.29, 1.82) is 5.41 Å². The van der Waals surface area contributed by atoms with Crippen LogP contribution in [0.25, 0.3) is 0 Å². The molecule has 0 aliphatic carbocycles. The van der Waals surface area contributed by atoms with Crippen molar-refractivity contribution in [2.24, 2.45) is 11.5 Å². The number of nitrogens with one attached hydrogen (secondary N) is 3. The average molecular weight is 467 g/mol. The van der Waals surface area contributed by atoms with Gasteiger partial charge in [0.15, 0.2) is 5.84 Å². The fourth-order valence-corrected chi connectivity index (χ4v) is 3.41. The Morgan fingerprint density at radius 2 is 1.85 bits per heavy atom. The first-order chi connectivity index (χ1) is 16.4. The van der Waals surface area contributed by atoms with E-state index in [1.165, 1.54) is 12.0 Å². The number of amides is 2. The molecule has 0 radical (unpaired) electrons. The molecule has 0 atom stereocenters. The Kier molecular flexibility index (Phi) is 8.47. The number of nitrogens with two attached hydrogens (primary N) is 2. The van der Waals surface area contributed by atoms with E-state index in [0.29, 0.717) is 13.2 Å². The van der Waals surface area contributed by atoms with Crippen molar-refractivity contribution in [3.05, 3.63) is 76.7 Å². The molecule has 7 N–H and O–H groups in total. The summed E-state index contributed by atoms with van der Waals surface area (Å²) in [5.74, 6) is 0.338. The number of rotatable bonds is 11. The molecule has 0 unspecified atom stereocenters. The molecule has 1 aliphatic rings. The van der Waals surface area contributed by atoms with E-state index >= 15 is 0 Å². The highest BCUT2D eigenvalue weighted by atomic mass is 16.5. The minimum absolute atomic E-state index is 0.0481. The first-order valence-electron chi connectivity index (χ1n) is 10.9. The van der Waals surface area contributed by atoms with Gasteiger partial charge in [0.2, 0.25) is 0 Å². The SMILES string of the molecule is COC(=O)Cc1cccc(CNCCCOc2ccc(CN3C(=N)C(=C(N)N)NC3=O)cc2)c1. The van der Waals surface area contributed by atoms with Crippen molar-refractivity contribution < 1.29 is 19.1 Å². The van der Waals surface area contributed by atoms with Gasteiger partial charge < -0.3 is 31.6 Å². The Labute approximate surface area is 198 Å². The normalized spacial score (nSPS) is 13.1. The van der Waals surface area contributed by atoms with Crippen LogP contribution in [0.1, 0.15) is 23.1 Å². The van der Waals surface area contributed by atoms with Crippen molar-refractivity contribution in [2.45, 2.75) is 25.9 Å². The Bertz CT molecular complexity index is 1060. The number of carbonyl (C=O) groups excluding carboxylic acids is 2. The summed E-state index contributed by atoms with van der Waals surface area (Å²) in [5, 5.41) is 13.9. The molecule has 0 saturated carbocycles. The van der Waals surface area contributed by atoms with Crippen LogP contribution in [0.15, 0.2) is 60.0 Å². The van der Waals surface area contributed by atoms with E-state index < -0.39 is 6.03 Å². The number of nitrogens with zero attached hydrogens (tertiary/aromatic N) is 1. The lowest BCUT2D eigenvalue weighted by atomic mass is 10.1. The summed E-state index contributed by atoms with van der Waals surface area (Å²) in [6.07, 6.45) is 1.09. The average Bonchev–Trinajstić information content (AvgIpc) is 3.11. The maximum atomic E-state index is 12.0. The third kappa shape index (κ3) is 6.72. The van der Waals surface area contributed by atoms with Gasteiger partial charge in [-0.05, 0) is 41.8 Å². The molecule has 0 spiro atoms. The predicted molar refractivity (Wildman–Crippen MR) is 128 cm³/mol. The quantitative estimate of drug-likeness (QED) is 0.248. The summed E-state index contributed by atoms with van der Waals surface area (Å²) >= 11 is 0. The molecule has 1 saturated heterocycles. The third-order valence-corrected chi connectivity index (χ3v) is 5.20. The topological polar surface area (TPSA) is 156 Å². The van der Waals surface area contributed by atoms with Crippen molar-refractivity contribution in [3.63, 3.8) is 0 Å². The zero-order valence-corrected chi connectivity index (χ0v) is 19.1. The molecule has 10 heteroatoms. The summed E-state index contributed by atoms with van der Waals surface area (Å²) in [4.78, 5) is 24.7. The summed E-state index contributed by atoms with van der Waals surface area (Å²) in [6.45, 7) is 2.27. The van der Waals surface area contributed by atoms with Crippen molar-refractivity contribution in [2.75, 3.05) is 20.3 Å². The predicted octanol–water partition coefficient (Wildman–Crippen LogP) is 1.55. The Morgan fingerprint density at radius 1 is 1.12 bits per heavy atom. The fourth-order valence-electron chi connectivity index (χ4n) is 3.41. The van der Waals surface area contributed by atoms with Gasteiger partial charge in [-0.2, -0.15) is 0 Å². The third-order valence-electron chi connectivity index (χ3n) is 5.20. The molecule has 1 aliphatic heterocycles. The van der Waals surface area contributed by atoms with E-state index in [-0.39, 0.29) is 36.3 Å². The molecule has 1 fully saturated rings. The number of urea groups is 1. The van der Waals surface area contributed by atoms with Gasteiger partial charge in [0.25, 0.3) is 0 Å². The summed E-state index contributed by atoms with van der Waals surface area (Å²) in [5.41, 5.74) is 14.0. The summed E-state index contributed by atoms with van der Waals surface area (Å²) < 4.78 is 10.5. The van der Waals surface area contributed by atoms with Crippen LogP contribution >= 0.6 is 0 Å². The lowest BCUT2D eigenvalue weighted by molar-refractivity contribution is -0.139.